The molecule has 0 rings (SSSR count). The fourth-order valence-electron chi connectivity index (χ4n) is 0.937. The first-order chi connectivity index (χ1) is 6.84. The first-order valence-electron chi connectivity index (χ1n) is 3.65. The number of rotatable bonds is 7. The molecule has 0 bridgehead atoms. The van der Waals surface area contributed by atoms with E-state index in [1.807, 2.05) is 0 Å². The highest BCUT2D eigenvalue weighted by Gasteiger charge is 2.44. The number of hydrogen-bond acceptors (Lipinski definition) is 5. The summed E-state index contributed by atoms with van der Waals surface area (Å²) >= 11 is 0. The topological polar surface area (TPSA) is 141 Å². The summed E-state index contributed by atoms with van der Waals surface area (Å²) in [5.41, 5.74) is -2.49. The van der Waals surface area contributed by atoms with Crippen molar-refractivity contribution in [1.29, 1.82) is 0 Å². The largest absolute Gasteiger partial charge is 0.485 e. The van der Waals surface area contributed by atoms with Crippen molar-refractivity contribution < 1.29 is 39.4 Å². The first-order valence-corrected chi connectivity index (χ1v) is 3.65. The van der Waals surface area contributed by atoms with Crippen LogP contribution in [0.1, 0.15) is 12.8 Å². The van der Waals surface area contributed by atoms with Gasteiger partial charge in [0.25, 0.3) is 0 Å². The monoisotopic (exact) mass is 219 g/mol. The van der Waals surface area contributed by atoms with E-state index in [1.165, 1.54) is 0 Å². The van der Waals surface area contributed by atoms with Gasteiger partial charge in [0.15, 0.2) is 5.60 Å². The van der Waals surface area contributed by atoms with E-state index in [1.54, 1.807) is 0 Å². The molecule has 15 heavy (non-hydrogen) atoms. The van der Waals surface area contributed by atoms with Crippen molar-refractivity contribution in [2.75, 3.05) is 0 Å². The predicted octanol–water partition coefficient (Wildman–Crippen LogP) is -1.70. The third-order valence-electron chi connectivity index (χ3n) is 1.54. The molecule has 0 saturated carbocycles. The van der Waals surface area contributed by atoms with Gasteiger partial charge in [0, 0.05) is 0 Å². The summed E-state index contributed by atoms with van der Waals surface area (Å²) in [6.45, 7) is 0. The van der Waals surface area contributed by atoms with Crippen LogP contribution in [0.25, 0.3) is 0 Å². The molecule has 0 aromatic carbocycles. The molecular formula is C6H8BO8. The van der Waals surface area contributed by atoms with Crippen molar-refractivity contribution in [3.63, 3.8) is 0 Å². The summed E-state index contributed by atoms with van der Waals surface area (Å²) in [7, 11) is -0.0417. The minimum absolute atomic E-state index is 0.0417. The molecule has 0 unspecified atom stereocenters. The molecule has 0 amide bonds. The van der Waals surface area contributed by atoms with Gasteiger partial charge in [-0.3, -0.25) is 9.59 Å². The van der Waals surface area contributed by atoms with Crippen LogP contribution in [-0.4, -0.2) is 51.5 Å². The van der Waals surface area contributed by atoms with Crippen LogP contribution in [0, 0.1) is 0 Å². The fourth-order valence-corrected chi connectivity index (χ4v) is 0.937. The molecule has 0 heterocycles. The zero-order valence-electron chi connectivity index (χ0n) is 7.41. The van der Waals surface area contributed by atoms with Crippen molar-refractivity contribution in [2.24, 2.45) is 0 Å². The zero-order valence-corrected chi connectivity index (χ0v) is 7.41. The number of carboxylic acid groups (broad SMARTS) is 3. The Bertz CT molecular complexity index is 258. The van der Waals surface area contributed by atoms with E-state index in [4.69, 9.17) is 20.3 Å². The van der Waals surface area contributed by atoms with Crippen molar-refractivity contribution in [3.8, 4) is 0 Å². The normalized spacial score (nSPS) is 10.7. The van der Waals surface area contributed by atoms with Crippen molar-refractivity contribution in [3.05, 3.63) is 0 Å². The van der Waals surface area contributed by atoms with Crippen LogP contribution in [-0.2, 0) is 19.0 Å². The van der Waals surface area contributed by atoms with Gasteiger partial charge in [-0.2, -0.15) is 0 Å². The van der Waals surface area contributed by atoms with Gasteiger partial charge < -0.3 is 25.0 Å². The quantitative estimate of drug-likeness (QED) is 0.371. The number of aliphatic carboxylic acids is 3. The highest BCUT2D eigenvalue weighted by Crippen LogP contribution is 2.21. The van der Waals surface area contributed by atoms with Crippen LogP contribution in [0.15, 0.2) is 0 Å². The summed E-state index contributed by atoms with van der Waals surface area (Å²) in [6, 6.07) is 0. The highest BCUT2D eigenvalue weighted by atomic mass is 16.5. The molecule has 0 aromatic heterocycles. The van der Waals surface area contributed by atoms with Crippen molar-refractivity contribution >= 4 is 25.6 Å². The Morgan fingerprint density at radius 3 is 1.67 bits per heavy atom. The van der Waals surface area contributed by atoms with Crippen LogP contribution in [0.3, 0.4) is 0 Å². The van der Waals surface area contributed by atoms with Crippen LogP contribution in [0.5, 0.6) is 0 Å². The Labute approximate surface area is 84.4 Å². The lowest BCUT2D eigenvalue weighted by molar-refractivity contribution is -0.168. The molecule has 0 aliphatic rings. The van der Waals surface area contributed by atoms with Crippen molar-refractivity contribution in [1.82, 2.24) is 0 Å². The van der Waals surface area contributed by atoms with Gasteiger partial charge in [-0.1, -0.05) is 0 Å². The lowest BCUT2D eigenvalue weighted by Gasteiger charge is -2.25. The van der Waals surface area contributed by atoms with Crippen LogP contribution in [0.2, 0.25) is 0 Å². The molecule has 0 aliphatic carbocycles. The Kier molecular flexibility index (Phi) is 4.75. The molecule has 0 saturated heterocycles. The third-order valence-corrected chi connectivity index (χ3v) is 1.54. The van der Waals surface area contributed by atoms with Crippen LogP contribution >= 0.6 is 0 Å². The van der Waals surface area contributed by atoms with Crippen molar-refractivity contribution in [2.45, 2.75) is 18.4 Å². The van der Waals surface area contributed by atoms with Crippen LogP contribution < -0.4 is 0 Å². The zero-order chi connectivity index (χ0) is 12.1. The maximum absolute atomic E-state index is 10.7. The van der Waals surface area contributed by atoms with E-state index >= 15 is 0 Å². The predicted molar refractivity (Wildman–Crippen MR) is 43.9 cm³/mol. The molecule has 83 valence electrons. The summed E-state index contributed by atoms with van der Waals surface area (Å²) in [6.07, 6.45) is -2.16. The Hall–Kier alpha value is -1.61. The van der Waals surface area contributed by atoms with Gasteiger partial charge in [0.1, 0.15) is 0 Å². The van der Waals surface area contributed by atoms with Gasteiger partial charge in [-0.25, -0.2) is 4.79 Å². The number of carboxylic acids is 3. The Morgan fingerprint density at radius 2 is 1.47 bits per heavy atom. The molecule has 8 nitrogen and oxygen atoms in total. The minimum Gasteiger partial charge on any atom is -0.481 e. The minimum atomic E-state index is -2.49. The van der Waals surface area contributed by atoms with E-state index in [0.29, 0.717) is 0 Å². The van der Waals surface area contributed by atoms with E-state index < -0.39 is 36.4 Å². The summed E-state index contributed by atoms with van der Waals surface area (Å²) < 4.78 is 4.18. The smallest absolute Gasteiger partial charge is 0.481 e. The van der Waals surface area contributed by atoms with E-state index in [2.05, 4.69) is 4.65 Å². The summed E-state index contributed by atoms with van der Waals surface area (Å²) in [5, 5.41) is 33.8. The van der Waals surface area contributed by atoms with Gasteiger partial charge in [-0.15, -0.1) is 0 Å². The second kappa shape index (κ2) is 5.32. The van der Waals surface area contributed by atoms with Crippen LogP contribution in [0.4, 0.5) is 0 Å². The van der Waals surface area contributed by atoms with E-state index in [0.717, 1.165) is 0 Å². The molecule has 4 N–H and O–H groups in total. The maximum Gasteiger partial charge on any atom is 0.485 e. The third kappa shape index (κ3) is 3.96. The van der Waals surface area contributed by atoms with E-state index in [9.17, 15) is 14.4 Å². The van der Waals surface area contributed by atoms with Gasteiger partial charge in [-0.05, 0) is 0 Å². The second-order valence-corrected chi connectivity index (χ2v) is 2.66. The summed E-state index contributed by atoms with van der Waals surface area (Å²) in [4.78, 5) is 31.4. The number of carbonyl (C=O) groups is 3. The highest BCUT2D eigenvalue weighted by molar-refractivity contribution is 6.17. The Balaban J connectivity index is 4.96. The first kappa shape index (κ1) is 13.4. The average molecular weight is 219 g/mol. The standard InChI is InChI=1S/C6H8BO8/c8-3(9)1-6(5(12)13,15-7-14)2-4(10)11/h14H,1-2H2,(H,8,9)(H,10,11)(H,12,13). The molecule has 0 fully saturated rings. The molecule has 0 atom stereocenters. The molecule has 1 radical (unpaired) electrons. The molecule has 0 aromatic rings. The molecule has 0 aliphatic heterocycles. The molecular weight excluding hydrogens is 211 g/mol. The Morgan fingerprint density at radius 1 is 1.07 bits per heavy atom. The van der Waals surface area contributed by atoms with Gasteiger partial charge >= 0.3 is 25.6 Å². The fraction of sp³-hybridized carbons (Fsp3) is 0.500. The van der Waals surface area contributed by atoms with E-state index in [-0.39, 0.29) is 7.69 Å². The molecule has 9 heteroatoms. The number of hydrogen-bond donors (Lipinski definition) is 4. The lowest BCUT2D eigenvalue weighted by Crippen LogP contribution is -2.46. The SMILES string of the molecule is O=C(O)CC(CC(=O)O)(O[B]O)C(=O)O. The van der Waals surface area contributed by atoms with Gasteiger partial charge in [0.2, 0.25) is 0 Å². The molecule has 0 spiro atoms. The average Bonchev–Trinajstić information content (AvgIpc) is 2.01. The lowest BCUT2D eigenvalue weighted by atomic mass is 9.94. The second-order valence-electron chi connectivity index (χ2n) is 2.66. The summed E-state index contributed by atoms with van der Waals surface area (Å²) in [5.74, 6) is -4.89. The van der Waals surface area contributed by atoms with Gasteiger partial charge in [0.05, 0.1) is 12.8 Å². The maximum atomic E-state index is 10.7.